The second-order valence-corrected chi connectivity index (χ2v) is 4.93. The number of pyridine rings is 1. The molecule has 0 radical (unpaired) electrons. The molecule has 3 nitrogen and oxygen atoms in total. The van der Waals surface area contributed by atoms with Crippen molar-refractivity contribution in [1.29, 1.82) is 0 Å². The maximum Gasteiger partial charge on any atom is 0.0270 e. The number of nitrogens with one attached hydrogen (secondary N) is 1. The fourth-order valence-electron chi connectivity index (χ4n) is 1.99. The molecular formula is C15H27N3. The molecule has 1 aromatic heterocycles. The van der Waals surface area contributed by atoms with Crippen molar-refractivity contribution in [3.05, 3.63) is 30.1 Å². The third kappa shape index (κ3) is 6.12. The van der Waals surface area contributed by atoms with E-state index in [2.05, 4.69) is 48.2 Å². The average molecular weight is 249 g/mol. The van der Waals surface area contributed by atoms with Crippen molar-refractivity contribution in [1.82, 2.24) is 15.2 Å². The number of hydrogen-bond acceptors (Lipinski definition) is 3. The number of rotatable bonds is 9. The summed E-state index contributed by atoms with van der Waals surface area (Å²) < 4.78 is 0. The van der Waals surface area contributed by atoms with E-state index in [4.69, 9.17) is 0 Å². The lowest BCUT2D eigenvalue weighted by atomic mass is 10.1. The first-order chi connectivity index (χ1) is 8.74. The molecule has 1 rings (SSSR count). The zero-order valence-electron chi connectivity index (χ0n) is 12.0. The highest BCUT2D eigenvalue weighted by Gasteiger charge is 2.08. The minimum atomic E-state index is 0.658. The van der Waals surface area contributed by atoms with E-state index < -0.39 is 0 Å². The molecule has 3 heteroatoms. The third-order valence-electron chi connectivity index (χ3n) is 3.48. The Morgan fingerprint density at radius 3 is 2.72 bits per heavy atom. The summed E-state index contributed by atoms with van der Waals surface area (Å²) in [4.78, 5) is 6.50. The molecule has 0 aliphatic carbocycles. The summed E-state index contributed by atoms with van der Waals surface area (Å²) in [5, 5.41) is 3.37. The van der Waals surface area contributed by atoms with Gasteiger partial charge in [-0.2, -0.15) is 0 Å². The molecule has 0 aliphatic rings. The Kier molecular flexibility index (Phi) is 7.62. The van der Waals surface area contributed by atoms with E-state index in [-0.39, 0.29) is 0 Å². The van der Waals surface area contributed by atoms with Crippen LogP contribution in [0.4, 0.5) is 0 Å². The standard InChI is InChI=1S/C15H27N3/c1-4-16-10-5-6-14(2)18(3)13-9-15-7-11-17-12-8-15/h7-8,11-12,14,16H,4-6,9-10,13H2,1-3H3. The first kappa shape index (κ1) is 15.1. The number of aromatic nitrogens is 1. The molecule has 0 amide bonds. The predicted molar refractivity (Wildman–Crippen MR) is 77.8 cm³/mol. The van der Waals surface area contributed by atoms with Crippen LogP contribution in [0.25, 0.3) is 0 Å². The molecule has 1 N–H and O–H groups in total. The van der Waals surface area contributed by atoms with E-state index in [0.717, 1.165) is 26.1 Å². The minimum Gasteiger partial charge on any atom is -0.317 e. The van der Waals surface area contributed by atoms with E-state index in [0.29, 0.717) is 6.04 Å². The van der Waals surface area contributed by atoms with Crippen molar-refractivity contribution in [3.8, 4) is 0 Å². The number of likely N-dealkylation sites (N-methyl/N-ethyl adjacent to an activating group) is 1. The first-order valence-corrected chi connectivity index (χ1v) is 7.04. The van der Waals surface area contributed by atoms with Gasteiger partial charge in [-0.15, -0.1) is 0 Å². The molecule has 0 aromatic carbocycles. The fourth-order valence-corrected chi connectivity index (χ4v) is 1.99. The lowest BCUT2D eigenvalue weighted by Crippen LogP contribution is -2.31. The highest BCUT2D eigenvalue weighted by molar-refractivity contribution is 5.09. The molecule has 1 heterocycles. The zero-order valence-corrected chi connectivity index (χ0v) is 12.0. The van der Waals surface area contributed by atoms with Gasteiger partial charge in [-0.25, -0.2) is 0 Å². The van der Waals surface area contributed by atoms with Gasteiger partial charge in [-0.1, -0.05) is 6.92 Å². The van der Waals surface area contributed by atoms with Gasteiger partial charge in [0.25, 0.3) is 0 Å². The Labute approximate surface area is 112 Å². The smallest absolute Gasteiger partial charge is 0.0270 e. The minimum absolute atomic E-state index is 0.658. The Bertz CT molecular complexity index is 300. The van der Waals surface area contributed by atoms with Gasteiger partial charge in [-0.05, 0) is 64.0 Å². The van der Waals surface area contributed by atoms with Crippen LogP contribution < -0.4 is 5.32 Å². The summed E-state index contributed by atoms with van der Waals surface area (Å²) in [6, 6.07) is 4.86. The molecule has 1 aromatic rings. The van der Waals surface area contributed by atoms with Crippen molar-refractivity contribution in [2.75, 3.05) is 26.7 Å². The van der Waals surface area contributed by atoms with Gasteiger partial charge in [0.1, 0.15) is 0 Å². The van der Waals surface area contributed by atoms with Gasteiger partial charge in [0.15, 0.2) is 0 Å². The van der Waals surface area contributed by atoms with Gasteiger partial charge < -0.3 is 10.2 Å². The Morgan fingerprint density at radius 2 is 2.06 bits per heavy atom. The Morgan fingerprint density at radius 1 is 1.33 bits per heavy atom. The van der Waals surface area contributed by atoms with E-state index in [1.807, 2.05) is 12.4 Å². The lowest BCUT2D eigenvalue weighted by molar-refractivity contribution is 0.245. The molecular weight excluding hydrogens is 222 g/mol. The second kappa shape index (κ2) is 9.06. The van der Waals surface area contributed by atoms with Crippen molar-refractivity contribution in [2.45, 2.75) is 39.2 Å². The van der Waals surface area contributed by atoms with Crippen LogP contribution in [0.3, 0.4) is 0 Å². The van der Waals surface area contributed by atoms with E-state index in [1.165, 1.54) is 18.4 Å². The zero-order chi connectivity index (χ0) is 13.2. The van der Waals surface area contributed by atoms with E-state index in [9.17, 15) is 0 Å². The molecule has 1 unspecified atom stereocenters. The summed E-state index contributed by atoms with van der Waals surface area (Å²) in [7, 11) is 2.22. The first-order valence-electron chi connectivity index (χ1n) is 7.04. The average Bonchev–Trinajstić information content (AvgIpc) is 2.42. The van der Waals surface area contributed by atoms with Crippen LogP contribution in [0, 0.1) is 0 Å². The topological polar surface area (TPSA) is 28.2 Å². The summed E-state index contributed by atoms with van der Waals surface area (Å²) in [5.74, 6) is 0. The van der Waals surface area contributed by atoms with Crippen LogP contribution >= 0.6 is 0 Å². The predicted octanol–water partition coefficient (Wildman–Crippen LogP) is 2.33. The van der Waals surface area contributed by atoms with Crippen LogP contribution in [0.5, 0.6) is 0 Å². The largest absolute Gasteiger partial charge is 0.317 e. The molecule has 1 atom stereocenters. The van der Waals surface area contributed by atoms with Crippen LogP contribution in [-0.4, -0.2) is 42.6 Å². The number of hydrogen-bond donors (Lipinski definition) is 1. The van der Waals surface area contributed by atoms with Gasteiger partial charge in [0, 0.05) is 25.0 Å². The van der Waals surface area contributed by atoms with Crippen LogP contribution in [0.2, 0.25) is 0 Å². The Balaban J connectivity index is 2.17. The van der Waals surface area contributed by atoms with Crippen molar-refractivity contribution in [3.63, 3.8) is 0 Å². The summed E-state index contributed by atoms with van der Waals surface area (Å²) in [6.07, 6.45) is 7.37. The SMILES string of the molecule is CCNCCCC(C)N(C)CCc1ccncc1. The second-order valence-electron chi connectivity index (χ2n) is 4.93. The highest BCUT2D eigenvalue weighted by Crippen LogP contribution is 2.06. The normalized spacial score (nSPS) is 12.9. The quantitative estimate of drug-likeness (QED) is 0.681. The van der Waals surface area contributed by atoms with Crippen LogP contribution in [0.15, 0.2) is 24.5 Å². The summed E-state index contributed by atoms with van der Waals surface area (Å²) >= 11 is 0. The molecule has 0 saturated carbocycles. The maximum absolute atomic E-state index is 4.05. The van der Waals surface area contributed by atoms with Crippen molar-refractivity contribution >= 4 is 0 Å². The fraction of sp³-hybridized carbons (Fsp3) is 0.667. The number of nitrogens with zero attached hydrogens (tertiary/aromatic N) is 2. The van der Waals surface area contributed by atoms with Crippen LogP contribution in [0.1, 0.15) is 32.3 Å². The monoisotopic (exact) mass is 249 g/mol. The molecule has 0 fully saturated rings. The van der Waals surface area contributed by atoms with Gasteiger partial charge in [0.2, 0.25) is 0 Å². The molecule has 0 bridgehead atoms. The summed E-state index contributed by atoms with van der Waals surface area (Å²) in [6.45, 7) is 7.81. The molecule has 0 aliphatic heterocycles. The lowest BCUT2D eigenvalue weighted by Gasteiger charge is -2.24. The molecule has 0 spiro atoms. The van der Waals surface area contributed by atoms with Crippen molar-refractivity contribution in [2.24, 2.45) is 0 Å². The van der Waals surface area contributed by atoms with Gasteiger partial charge in [0.05, 0.1) is 0 Å². The summed E-state index contributed by atoms with van der Waals surface area (Å²) in [5.41, 5.74) is 1.37. The van der Waals surface area contributed by atoms with E-state index >= 15 is 0 Å². The van der Waals surface area contributed by atoms with Gasteiger partial charge in [-0.3, -0.25) is 4.98 Å². The molecule has 18 heavy (non-hydrogen) atoms. The van der Waals surface area contributed by atoms with E-state index in [1.54, 1.807) is 0 Å². The molecule has 0 saturated heterocycles. The van der Waals surface area contributed by atoms with Gasteiger partial charge >= 0.3 is 0 Å². The van der Waals surface area contributed by atoms with Crippen LogP contribution in [-0.2, 0) is 6.42 Å². The maximum atomic E-state index is 4.05. The third-order valence-corrected chi connectivity index (χ3v) is 3.48. The highest BCUT2D eigenvalue weighted by atomic mass is 15.1. The molecule has 102 valence electrons. The Hall–Kier alpha value is -0.930. The van der Waals surface area contributed by atoms with Crippen molar-refractivity contribution < 1.29 is 0 Å².